The summed E-state index contributed by atoms with van der Waals surface area (Å²) in [5.41, 5.74) is 3.25. The van der Waals surface area contributed by atoms with Crippen LogP contribution in [0.25, 0.3) is 10.9 Å². The Bertz CT molecular complexity index is 908. The van der Waals surface area contributed by atoms with Gasteiger partial charge in [-0.05, 0) is 48.8 Å². The maximum Gasteiger partial charge on any atom is 0.262 e. The molecule has 0 atom stereocenters. The van der Waals surface area contributed by atoms with Crippen molar-refractivity contribution < 1.29 is 0 Å². The number of rotatable bonds is 3. The van der Waals surface area contributed by atoms with E-state index in [0.29, 0.717) is 16.7 Å². The molecule has 106 valence electrons. The summed E-state index contributed by atoms with van der Waals surface area (Å²) in [6.45, 7) is 2.67. The zero-order valence-corrected chi connectivity index (χ0v) is 12.6. The Morgan fingerprint density at radius 1 is 1.10 bits per heavy atom. The lowest BCUT2D eigenvalue weighted by atomic mass is 10.1. The summed E-state index contributed by atoms with van der Waals surface area (Å²) in [5.74, 6) is 0. The first-order valence-electron chi connectivity index (χ1n) is 6.93. The van der Waals surface area contributed by atoms with E-state index in [4.69, 9.17) is 12.2 Å². The first-order chi connectivity index (χ1) is 10.2. The highest BCUT2D eigenvalue weighted by Gasteiger charge is 2.06. The van der Waals surface area contributed by atoms with Crippen molar-refractivity contribution in [3.63, 3.8) is 0 Å². The fourth-order valence-corrected chi connectivity index (χ4v) is 2.81. The van der Waals surface area contributed by atoms with Crippen LogP contribution >= 0.6 is 12.2 Å². The zero-order chi connectivity index (χ0) is 14.8. The summed E-state index contributed by atoms with van der Waals surface area (Å²) < 4.78 is 2.12. The van der Waals surface area contributed by atoms with Crippen molar-refractivity contribution >= 4 is 23.1 Å². The van der Waals surface area contributed by atoms with Gasteiger partial charge in [0.15, 0.2) is 4.77 Å². The second kappa shape index (κ2) is 5.66. The van der Waals surface area contributed by atoms with E-state index in [0.717, 1.165) is 11.9 Å². The Balaban J connectivity index is 2.00. The molecule has 0 unspecified atom stereocenters. The van der Waals surface area contributed by atoms with Crippen molar-refractivity contribution in [2.24, 2.45) is 0 Å². The third kappa shape index (κ3) is 2.67. The monoisotopic (exact) mass is 296 g/mol. The van der Waals surface area contributed by atoms with Gasteiger partial charge in [-0.25, -0.2) is 0 Å². The number of para-hydroxylation sites is 1. The van der Waals surface area contributed by atoms with Gasteiger partial charge in [-0.1, -0.05) is 36.4 Å². The van der Waals surface area contributed by atoms with Crippen LogP contribution in [0.15, 0.2) is 53.3 Å². The van der Waals surface area contributed by atoms with Crippen molar-refractivity contribution in [1.29, 1.82) is 0 Å². The van der Waals surface area contributed by atoms with Gasteiger partial charge in [-0.3, -0.25) is 9.36 Å². The highest BCUT2D eigenvalue weighted by atomic mass is 32.1. The van der Waals surface area contributed by atoms with Gasteiger partial charge in [0.25, 0.3) is 5.56 Å². The van der Waals surface area contributed by atoms with E-state index in [1.807, 2.05) is 36.4 Å². The summed E-state index contributed by atoms with van der Waals surface area (Å²) >= 11 is 5.32. The Hall–Kier alpha value is -2.20. The Morgan fingerprint density at radius 3 is 2.62 bits per heavy atom. The topological polar surface area (TPSA) is 37.8 Å². The predicted molar refractivity (Wildman–Crippen MR) is 88.3 cm³/mol. The fourth-order valence-electron chi connectivity index (χ4n) is 2.52. The number of aromatic nitrogens is 2. The van der Waals surface area contributed by atoms with Crippen LogP contribution in [0.4, 0.5) is 0 Å². The van der Waals surface area contributed by atoms with Crippen LogP contribution in [0.5, 0.6) is 0 Å². The largest absolute Gasteiger partial charge is 0.332 e. The number of aryl methyl sites for hydroxylation is 2. The molecule has 1 N–H and O–H groups in total. The fraction of sp³-hybridized carbons (Fsp3) is 0.176. The van der Waals surface area contributed by atoms with Crippen LogP contribution in [0.3, 0.4) is 0 Å². The lowest BCUT2D eigenvalue weighted by Crippen LogP contribution is -2.23. The molecule has 0 radical (unpaired) electrons. The van der Waals surface area contributed by atoms with Gasteiger partial charge in [0.1, 0.15) is 0 Å². The molecule has 1 heterocycles. The average molecular weight is 296 g/mol. The van der Waals surface area contributed by atoms with Crippen LogP contribution in [-0.2, 0) is 13.0 Å². The molecule has 2 aromatic carbocycles. The van der Waals surface area contributed by atoms with E-state index in [2.05, 4.69) is 24.0 Å². The summed E-state index contributed by atoms with van der Waals surface area (Å²) in [4.78, 5) is 15.7. The lowest BCUT2D eigenvalue weighted by Gasteiger charge is -2.09. The summed E-state index contributed by atoms with van der Waals surface area (Å²) in [7, 11) is 0. The second-order valence-corrected chi connectivity index (χ2v) is 5.50. The molecule has 21 heavy (non-hydrogen) atoms. The smallest absolute Gasteiger partial charge is 0.262 e. The SMILES string of the molecule is Cc1ccccc1CCn1c(=S)[nH]c2ccccc2c1=O. The molecule has 4 heteroatoms. The molecular weight excluding hydrogens is 280 g/mol. The number of nitrogens with one attached hydrogen (secondary N) is 1. The van der Waals surface area contributed by atoms with E-state index < -0.39 is 0 Å². The number of hydrogen-bond acceptors (Lipinski definition) is 2. The molecule has 0 fully saturated rings. The number of fused-ring (bicyclic) bond motifs is 1. The molecule has 0 aliphatic heterocycles. The predicted octanol–water partition coefficient (Wildman–Crippen LogP) is 3.61. The van der Waals surface area contributed by atoms with Crippen molar-refractivity contribution in [1.82, 2.24) is 9.55 Å². The van der Waals surface area contributed by atoms with Gasteiger partial charge in [-0.2, -0.15) is 0 Å². The minimum absolute atomic E-state index is 0.0251. The molecule has 0 aliphatic rings. The molecule has 0 bridgehead atoms. The minimum atomic E-state index is -0.0251. The van der Waals surface area contributed by atoms with Crippen molar-refractivity contribution in [2.75, 3.05) is 0 Å². The maximum absolute atomic E-state index is 12.5. The molecule has 0 saturated heterocycles. The Labute approximate surface area is 127 Å². The quantitative estimate of drug-likeness (QED) is 0.750. The van der Waals surface area contributed by atoms with Crippen LogP contribution in [0.1, 0.15) is 11.1 Å². The van der Waals surface area contributed by atoms with E-state index >= 15 is 0 Å². The lowest BCUT2D eigenvalue weighted by molar-refractivity contribution is 0.651. The average Bonchev–Trinajstić information content (AvgIpc) is 2.49. The van der Waals surface area contributed by atoms with Crippen LogP contribution in [0.2, 0.25) is 0 Å². The first kappa shape index (κ1) is 13.8. The highest BCUT2D eigenvalue weighted by molar-refractivity contribution is 7.71. The standard InChI is InChI=1S/C17H16N2OS/c1-12-6-2-3-7-13(12)10-11-19-16(20)14-8-4-5-9-15(14)18-17(19)21/h2-9H,10-11H2,1H3,(H,18,21). The Kier molecular flexibility index (Phi) is 3.71. The van der Waals surface area contributed by atoms with Crippen molar-refractivity contribution in [2.45, 2.75) is 19.9 Å². The number of aromatic amines is 1. The zero-order valence-electron chi connectivity index (χ0n) is 11.8. The second-order valence-electron chi connectivity index (χ2n) is 5.11. The summed E-state index contributed by atoms with van der Waals surface area (Å²) in [6.07, 6.45) is 0.794. The highest BCUT2D eigenvalue weighted by Crippen LogP contribution is 2.10. The molecule has 0 spiro atoms. The molecular formula is C17H16N2OS. The maximum atomic E-state index is 12.5. The van der Waals surface area contributed by atoms with Crippen molar-refractivity contribution in [3.8, 4) is 0 Å². The van der Waals surface area contributed by atoms with Crippen LogP contribution in [-0.4, -0.2) is 9.55 Å². The minimum Gasteiger partial charge on any atom is -0.332 e. The third-order valence-corrected chi connectivity index (χ3v) is 4.08. The molecule has 3 rings (SSSR count). The number of benzene rings is 2. The molecule has 3 aromatic rings. The molecule has 3 nitrogen and oxygen atoms in total. The number of nitrogens with zero attached hydrogens (tertiary/aromatic N) is 1. The van der Waals surface area contributed by atoms with Gasteiger partial charge >= 0.3 is 0 Å². The van der Waals surface area contributed by atoms with E-state index in [1.165, 1.54) is 11.1 Å². The summed E-state index contributed by atoms with van der Waals surface area (Å²) in [5, 5.41) is 0.677. The molecule has 1 aromatic heterocycles. The van der Waals surface area contributed by atoms with Gasteiger partial charge < -0.3 is 4.98 Å². The van der Waals surface area contributed by atoms with E-state index in [-0.39, 0.29) is 5.56 Å². The van der Waals surface area contributed by atoms with E-state index in [9.17, 15) is 4.79 Å². The van der Waals surface area contributed by atoms with Gasteiger partial charge in [-0.15, -0.1) is 0 Å². The van der Waals surface area contributed by atoms with Gasteiger partial charge in [0.2, 0.25) is 0 Å². The molecule has 0 aliphatic carbocycles. The van der Waals surface area contributed by atoms with Gasteiger partial charge in [0.05, 0.1) is 10.9 Å². The van der Waals surface area contributed by atoms with Gasteiger partial charge in [0, 0.05) is 6.54 Å². The van der Waals surface area contributed by atoms with Crippen LogP contribution < -0.4 is 5.56 Å². The number of H-pyrrole nitrogens is 1. The molecule has 0 saturated carbocycles. The van der Waals surface area contributed by atoms with Crippen molar-refractivity contribution in [3.05, 3.63) is 74.8 Å². The summed E-state index contributed by atoms with van der Waals surface area (Å²) in [6, 6.07) is 15.7. The first-order valence-corrected chi connectivity index (χ1v) is 7.34. The van der Waals surface area contributed by atoms with E-state index in [1.54, 1.807) is 4.57 Å². The Morgan fingerprint density at radius 2 is 1.81 bits per heavy atom. The third-order valence-electron chi connectivity index (χ3n) is 3.76. The normalized spacial score (nSPS) is 10.9. The van der Waals surface area contributed by atoms with Crippen LogP contribution in [0, 0.1) is 11.7 Å². The molecule has 0 amide bonds. The number of hydrogen-bond donors (Lipinski definition) is 1.